The zero-order chi connectivity index (χ0) is 18.9. The average molecular weight is 355 g/mol. The predicted octanol–water partition coefficient (Wildman–Crippen LogP) is 3.80. The van der Waals surface area contributed by atoms with Crippen molar-refractivity contribution in [2.75, 3.05) is 17.7 Å². The molecule has 0 aromatic heterocycles. The summed E-state index contributed by atoms with van der Waals surface area (Å²) in [5.41, 5.74) is 2.24. The van der Waals surface area contributed by atoms with Crippen molar-refractivity contribution < 1.29 is 14.3 Å². The van der Waals surface area contributed by atoms with Crippen LogP contribution < -0.4 is 20.7 Å². The smallest absolute Gasteiger partial charge is 0.319 e. The molecule has 2 aromatic carbocycles. The van der Waals surface area contributed by atoms with Gasteiger partial charge in [-0.2, -0.15) is 0 Å². The lowest BCUT2D eigenvalue weighted by Gasteiger charge is -2.12. The van der Waals surface area contributed by atoms with Crippen molar-refractivity contribution >= 4 is 23.3 Å². The van der Waals surface area contributed by atoms with Crippen molar-refractivity contribution in [3.8, 4) is 5.75 Å². The first-order valence-electron chi connectivity index (χ1n) is 8.57. The third-order valence-corrected chi connectivity index (χ3v) is 3.64. The van der Waals surface area contributed by atoms with Crippen molar-refractivity contribution in [3.05, 3.63) is 54.1 Å². The molecule has 0 aliphatic carbocycles. The number of methoxy groups -OCH3 is 1. The molecule has 0 radical (unpaired) electrons. The molecule has 0 aliphatic heterocycles. The van der Waals surface area contributed by atoms with Crippen molar-refractivity contribution in [2.45, 2.75) is 32.7 Å². The Balaban J connectivity index is 1.90. The normalized spacial score (nSPS) is 10.3. The maximum atomic E-state index is 12.2. The number of ether oxygens (including phenoxy) is 1. The molecule has 3 N–H and O–H groups in total. The highest BCUT2D eigenvalue weighted by Gasteiger charge is 2.08. The summed E-state index contributed by atoms with van der Waals surface area (Å²) in [6.45, 7) is 3.77. The van der Waals surface area contributed by atoms with Gasteiger partial charge in [0.2, 0.25) is 5.91 Å². The Bertz CT molecular complexity index is 759. The molecule has 0 heterocycles. The van der Waals surface area contributed by atoms with Crippen LogP contribution in [-0.4, -0.2) is 25.1 Å². The van der Waals surface area contributed by atoms with Gasteiger partial charge in [-0.25, -0.2) is 4.79 Å². The van der Waals surface area contributed by atoms with Gasteiger partial charge in [-0.05, 0) is 50.1 Å². The molecule has 3 amide bonds. The summed E-state index contributed by atoms with van der Waals surface area (Å²) in [5.74, 6) is 0.683. The van der Waals surface area contributed by atoms with Gasteiger partial charge in [0.1, 0.15) is 5.75 Å². The number of hydrogen-bond acceptors (Lipinski definition) is 3. The minimum atomic E-state index is -0.278. The number of benzene rings is 2. The van der Waals surface area contributed by atoms with E-state index in [1.54, 1.807) is 31.4 Å². The summed E-state index contributed by atoms with van der Waals surface area (Å²) in [7, 11) is 1.62. The van der Waals surface area contributed by atoms with Crippen LogP contribution >= 0.6 is 0 Å². The van der Waals surface area contributed by atoms with Crippen LogP contribution in [0.5, 0.6) is 5.75 Å². The van der Waals surface area contributed by atoms with Crippen molar-refractivity contribution in [1.82, 2.24) is 5.32 Å². The number of aryl methyl sites for hydroxylation is 1. The number of carbonyl (C=O) groups excluding carboxylic acids is 2. The lowest BCUT2D eigenvalue weighted by molar-refractivity contribution is -0.116. The number of para-hydroxylation sites is 1. The maximum Gasteiger partial charge on any atom is 0.319 e. The van der Waals surface area contributed by atoms with E-state index in [0.717, 1.165) is 11.3 Å². The van der Waals surface area contributed by atoms with Gasteiger partial charge < -0.3 is 20.7 Å². The number of anilines is 2. The first kappa shape index (κ1) is 19.3. The Labute approximate surface area is 153 Å². The van der Waals surface area contributed by atoms with Gasteiger partial charge in [-0.3, -0.25) is 4.79 Å². The predicted molar refractivity (Wildman–Crippen MR) is 104 cm³/mol. The molecule has 0 fully saturated rings. The zero-order valence-corrected chi connectivity index (χ0v) is 15.3. The molecule has 0 unspecified atom stereocenters. The number of carbonyl (C=O) groups is 2. The molecule has 6 nitrogen and oxygen atoms in total. The van der Waals surface area contributed by atoms with Gasteiger partial charge in [-0.15, -0.1) is 0 Å². The number of nitrogens with one attached hydrogen (secondary N) is 3. The third-order valence-electron chi connectivity index (χ3n) is 3.64. The molecule has 2 aromatic rings. The van der Waals surface area contributed by atoms with Gasteiger partial charge in [0, 0.05) is 23.8 Å². The first-order valence-corrected chi connectivity index (χ1v) is 8.57. The second-order valence-corrected chi connectivity index (χ2v) is 6.19. The summed E-state index contributed by atoms with van der Waals surface area (Å²) in [5, 5.41) is 8.35. The molecular weight excluding hydrogens is 330 g/mol. The monoisotopic (exact) mass is 355 g/mol. The minimum absolute atomic E-state index is 0.0489. The molecule has 26 heavy (non-hydrogen) atoms. The van der Waals surface area contributed by atoms with Crippen molar-refractivity contribution in [3.63, 3.8) is 0 Å². The van der Waals surface area contributed by atoms with Crippen LogP contribution in [-0.2, 0) is 11.2 Å². The Hall–Kier alpha value is -3.02. The molecule has 0 spiro atoms. The van der Waals surface area contributed by atoms with Crippen LogP contribution in [0.3, 0.4) is 0 Å². The lowest BCUT2D eigenvalue weighted by Crippen LogP contribution is -2.34. The van der Waals surface area contributed by atoms with E-state index in [0.29, 0.717) is 24.2 Å². The molecular formula is C20H25N3O3. The molecule has 0 saturated heterocycles. The van der Waals surface area contributed by atoms with E-state index in [2.05, 4.69) is 16.0 Å². The van der Waals surface area contributed by atoms with Crippen LogP contribution in [0.4, 0.5) is 16.2 Å². The lowest BCUT2D eigenvalue weighted by atomic mass is 10.1. The Kier molecular flexibility index (Phi) is 7.02. The minimum Gasteiger partial charge on any atom is -0.496 e. The molecule has 0 bridgehead atoms. The highest BCUT2D eigenvalue weighted by atomic mass is 16.5. The van der Waals surface area contributed by atoms with Crippen LogP contribution in [0.2, 0.25) is 0 Å². The van der Waals surface area contributed by atoms with E-state index in [1.807, 2.05) is 38.1 Å². The van der Waals surface area contributed by atoms with Gasteiger partial charge >= 0.3 is 6.03 Å². The summed E-state index contributed by atoms with van der Waals surface area (Å²) in [4.78, 5) is 24.0. The number of urea groups is 1. The van der Waals surface area contributed by atoms with Gasteiger partial charge in [-0.1, -0.05) is 24.3 Å². The maximum absolute atomic E-state index is 12.2. The molecule has 0 saturated carbocycles. The highest BCUT2D eigenvalue weighted by molar-refractivity contribution is 5.93. The molecule has 0 aliphatic rings. The Morgan fingerprint density at radius 3 is 2.38 bits per heavy atom. The Morgan fingerprint density at radius 1 is 1.00 bits per heavy atom. The van der Waals surface area contributed by atoms with Gasteiger partial charge in [0.25, 0.3) is 0 Å². The van der Waals surface area contributed by atoms with E-state index in [-0.39, 0.29) is 18.0 Å². The fraction of sp³-hybridized carbons (Fsp3) is 0.300. The molecule has 138 valence electrons. The zero-order valence-electron chi connectivity index (χ0n) is 15.3. The van der Waals surface area contributed by atoms with E-state index < -0.39 is 0 Å². The fourth-order valence-electron chi connectivity index (χ4n) is 2.49. The van der Waals surface area contributed by atoms with E-state index >= 15 is 0 Å². The first-order chi connectivity index (χ1) is 12.5. The highest BCUT2D eigenvalue weighted by Crippen LogP contribution is 2.20. The summed E-state index contributed by atoms with van der Waals surface area (Å²) in [6.07, 6.45) is 0.927. The van der Waals surface area contributed by atoms with Crippen LogP contribution in [0.15, 0.2) is 48.5 Å². The van der Waals surface area contributed by atoms with Gasteiger partial charge in [0.05, 0.1) is 7.11 Å². The van der Waals surface area contributed by atoms with E-state index in [1.165, 1.54) is 0 Å². The fourth-order valence-corrected chi connectivity index (χ4v) is 2.49. The number of rotatable bonds is 7. The van der Waals surface area contributed by atoms with E-state index in [4.69, 9.17) is 4.74 Å². The second-order valence-electron chi connectivity index (χ2n) is 6.19. The molecule has 6 heteroatoms. The SMILES string of the molecule is COc1ccccc1CCC(=O)Nc1cccc(NC(=O)NC(C)C)c1. The second kappa shape index (κ2) is 9.46. The van der Waals surface area contributed by atoms with Crippen LogP contribution in [0, 0.1) is 0 Å². The summed E-state index contributed by atoms with van der Waals surface area (Å²) >= 11 is 0. The molecule has 2 rings (SSSR count). The Morgan fingerprint density at radius 2 is 1.69 bits per heavy atom. The summed E-state index contributed by atoms with van der Waals surface area (Å²) < 4.78 is 5.30. The van der Waals surface area contributed by atoms with Crippen molar-refractivity contribution in [2.24, 2.45) is 0 Å². The molecule has 0 atom stereocenters. The standard InChI is InChI=1S/C20H25N3O3/c1-14(2)21-20(25)23-17-9-6-8-16(13-17)22-19(24)12-11-15-7-4-5-10-18(15)26-3/h4-10,13-14H,11-12H2,1-3H3,(H,22,24)(H2,21,23,25). The van der Waals surface area contributed by atoms with Crippen molar-refractivity contribution in [1.29, 1.82) is 0 Å². The summed E-state index contributed by atoms with van der Waals surface area (Å²) in [6, 6.07) is 14.5. The average Bonchev–Trinajstić information content (AvgIpc) is 2.59. The largest absolute Gasteiger partial charge is 0.496 e. The van der Waals surface area contributed by atoms with Crippen LogP contribution in [0.1, 0.15) is 25.8 Å². The number of amides is 3. The van der Waals surface area contributed by atoms with Gasteiger partial charge in [0.15, 0.2) is 0 Å². The topological polar surface area (TPSA) is 79.5 Å². The van der Waals surface area contributed by atoms with E-state index in [9.17, 15) is 9.59 Å². The third kappa shape index (κ3) is 6.12. The number of hydrogen-bond donors (Lipinski definition) is 3. The van der Waals surface area contributed by atoms with Crippen LogP contribution in [0.25, 0.3) is 0 Å². The quantitative estimate of drug-likeness (QED) is 0.707.